The zero-order chi connectivity index (χ0) is 11.5. The van der Waals surface area contributed by atoms with Crippen LogP contribution in [0.2, 0.25) is 0 Å². The van der Waals surface area contributed by atoms with E-state index in [0.29, 0.717) is 5.92 Å². The number of nitrogens with one attached hydrogen (secondary N) is 1. The molecule has 1 aliphatic rings. The highest BCUT2D eigenvalue weighted by atomic mass is 16.5. The Morgan fingerprint density at radius 3 is 2.62 bits per heavy atom. The van der Waals surface area contributed by atoms with Gasteiger partial charge in [0.2, 0.25) is 0 Å². The fourth-order valence-electron chi connectivity index (χ4n) is 2.04. The highest BCUT2D eigenvalue weighted by Crippen LogP contribution is 2.27. The summed E-state index contributed by atoms with van der Waals surface area (Å²) in [7, 11) is 5.90. The molecule has 1 heterocycles. The van der Waals surface area contributed by atoms with Crippen molar-refractivity contribution >= 4 is 0 Å². The molecule has 0 bridgehead atoms. The van der Waals surface area contributed by atoms with E-state index in [1.807, 2.05) is 0 Å². The number of benzene rings is 1. The lowest BCUT2D eigenvalue weighted by atomic mass is 9.92. The monoisotopic (exact) mass is 220 g/mol. The number of ether oxygens (including phenoxy) is 1. The maximum Gasteiger partial charge on any atom is 0.123 e. The topological polar surface area (TPSA) is 24.5 Å². The van der Waals surface area contributed by atoms with E-state index in [2.05, 4.69) is 42.5 Å². The highest BCUT2D eigenvalue weighted by Gasteiger charge is 2.19. The Bertz CT molecular complexity index is 359. The van der Waals surface area contributed by atoms with Crippen molar-refractivity contribution in [2.24, 2.45) is 0 Å². The minimum atomic E-state index is 0.687. The van der Waals surface area contributed by atoms with Crippen LogP contribution in [-0.2, 0) is 6.54 Å². The molecule has 0 unspecified atom stereocenters. The molecule has 1 N–H and O–H groups in total. The number of methoxy groups -OCH3 is 1. The lowest BCUT2D eigenvalue weighted by Gasteiger charge is -2.28. The standard InChI is InChI=1S/C13H20N2O/c1-15(2)9-11-6-10(12-7-14-8-12)4-5-13(11)16-3/h4-6,12,14H,7-9H2,1-3H3. The zero-order valence-electron chi connectivity index (χ0n) is 10.3. The first kappa shape index (κ1) is 11.4. The highest BCUT2D eigenvalue weighted by molar-refractivity contribution is 5.39. The molecular formula is C13H20N2O. The van der Waals surface area contributed by atoms with E-state index in [0.717, 1.165) is 25.4 Å². The van der Waals surface area contributed by atoms with Gasteiger partial charge in [0, 0.05) is 31.1 Å². The quantitative estimate of drug-likeness (QED) is 0.831. The molecule has 0 saturated carbocycles. The van der Waals surface area contributed by atoms with Gasteiger partial charge < -0.3 is 15.0 Å². The maximum atomic E-state index is 5.39. The van der Waals surface area contributed by atoms with E-state index in [-0.39, 0.29) is 0 Å². The summed E-state index contributed by atoms with van der Waals surface area (Å²) in [5.74, 6) is 1.68. The van der Waals surface area contributed by atoms with Crippen LogP contribution in [0.4, 0.5) is 0 Å². The van der Waals surface area contributed by atoms with Gasteiger partial charge in [-0.25, -0.2) is 0 Å². The SMILES string of the molecule is COc1ccc(C2CNC2)cc1CN(C)C. The minimum Gasteiger partial charge on any atom is -0.496 e. The Morgan fingerprint density at radius 1 is 1.38 bits per heavy atom. The van der Waals surface area contributed by atoms with Gasteiger partial charge in [-0.15, -0.1) is 0 Å². The van der Waals surface area contributed by atoms with Crippen molar-refractivity contribution in [1.82, 2.24) is 10.2 Å². The third kappa shape index (κ3) is 2.36. The van der Waals surface area contributed by atoms with Crippen molar-refractivity contribution in [3.05, 3.63) is 29.3 Å². The maximum absolute atomic E-state index is 5.39. The molecular weight excluding hydrogens is 200 g/mol. The van der Waals surface area contributed by atoms with Crippen LogP contribution < -0.4 is 10.1 Å². The first-order valence-electron chi connectivity index (χ1n) is 5.73. The molecule has 3 nitrogen and oxygen atoms in total. The smallest absolute Gasteiger partial charge is 0.123 e. The molecule has 0 aromatic heterocycles. The third-order valence-electron chi connectivity index (χ3n) is 3.04. The summed E-state index contributed by atoms with van der Waals surface area (Å²) < 4.78 is 5.39. The first-order chi connectivity index (χ1) is 7.70. The van der Waals surface area contributed by atoms with Gasteiger partial charge >= 0.3 is 0 Å². The molecule has 16 heavy (non-hydrogen) atoms. The fraction of sp³-hybridized carbons (Fsp3) is 0.538. The van der Waals surface area contributed by atoms with Crippen molar-refractivity contribution in [2.45, 2.75) is 12.5 Å². The van der Waals surface area contributed by atoms with E-state index in [4.69, 9.17) is 4.74 Å². The van der Waals surface area contributed by atoms with Gasteiger partial charge in [-0.05, 0) is 25.7 Å². The van der Waals surface area contributed by atoms with Crippen LogP contribution in [0, 0.1) is 0 Å². The predicted molar refractivity (Wildman–Crippen MR) is 66.0 cm³/mol. The number of nitrogens with zero attached hydrogens (tertiary/aromatic N) is 1. The van der Waals surface area contributed by atoms with Gasteiger partial charge in [0.15, 0.2) is 0 Å². The molecule has 1 aromatic rings. The van der Waals surface area contributed by atoms with E-state index in [1.165, 1.54) is 11.1 Å². The van der Waals surface area contributed by atoms with Crippen LogP contribution in [-0.4, -0.2) is 39.2 Å². The second kappa shape index (κ2) is 4.85. The molecule has 2 rings (SSSR count). The fourth-order valence-corrected chi connectivity index (χ4v) is 2.04. The van der Waals surface area contributed by atoms with Crippen molar-refractivity contribution in [2.75, 3.05) is 34.3 Å². The Balaban J connectivity index is 2.22. The van der Waals surface area contributed by atoms with Crippen molar-refractivity contribution in [3.8, 4) is 5.75 Å². The molecule has 0 aliphatic carbocycles. The van der Waals surface area contributed by atoms with Gasteiger partial charge in [-0.1, -0.05) is 12.1 Å². The molecule has 1 aromatic carbocycles. The van der Waals surface area contributed by atoms with Gasteiger partial charge in [0.05, 0.1) is 7.11 Å². The minimum absolute atomic E-state index is 0.687. The van der Waals surface area contributed by atoms with Gasteiger partial charge in [0.25, 0.3) is 0 Å². The Morgan fingerprint density at radius 2 is 2.12 bits per heavy atom. The van der Waals surface area contributed by atoms with Crippen molar-refractivity contribution < 1.29 is 4.74 Å². The largest absolute Gasteiger partial charge is 0.496 e. The lowest BCUT2D eigenvalue weighted by Crippen LogP contribution is -2.39. The van der Waals surface area contributed by atoms with Crippen molar-refractivity contribution in [1.29, 1.82) is 0 Å². The predicted octanol–water partition coefficient (Wildman–Crippen LogP) is 1.44. The third-order valence-corrected chi connectivity index (χ3v) is 3.04. The van der Waals surface area contributed by atoms with E-state index < -0.39 is 0 Å². The number of hydrogen-bond donors (Lipinski definition) is 1. The average molecular weight is 220 g/mol. The molecule has 0 radical (unpaired) electrons. The van der Waals surface area contributed by atoms with Crippen molar-refractivity contribution in [3.63, 3.8) is 0 Å². The number of rotatable bonds is 4. The van der Waals surface area contributed by atoms with Gasteiger partial charge in [-0.3, -0.25) is 0 Å². The second-order valence-electron chi connectivity index (χ2n) is 4.66. The first-order valence-corrected chi connectivity index (χ1v) is 5.73. The van der Waals surface area contributed by atoms with Crippen LogP contribution in [0.1, 0.15) is 17.0 Å². The second-order valence-corrected chi connectivity index (χ2v) is 4.66. The molecule has 1 saturated heterocycles. The molecule has 0 spiro atoms. The zero-order valence-corrected chi connectivity index (χ0v) is 10.3. The van der Waals surface area contributed by atoms with Crippen LogP contribution in [0.3, 0.4) is 0 Å². The van der Waals surface area contributed by atoms with Gasteiger partial charge in [-0.2, -0.15) is 0 Å². The van der Waals surface area contributed by atoms with Gasteiger partial charge in [0.1, 0.15) is 5.75 Å². The summed E-state index contributed by atoms with van der Waals surface area (Å²) in [5.41, 5.74) is 2.70. The van der Waals surface area contributed by atoms with Crippen LogP contribution in [0.5, 0.6) is 5.75 Å². The summed E-state index contributed by atoms with van der Waals surface area (Å²) in [5, 5.41) is 3.31. The van der Waals surface area contributed by atoms with Crippen LogP contribution >= 0.6 is 0 Å². The summed E-state index contributed by atoms with van der Waals surface area (Å²) >= 11 is 0. The molecule has 3 heteroatoms. The van der Waals surface area contributed by atoms with Crippen LogP contribution in [0.25, 0.3) is 0 Å². The summed E-state index contributed by atoms with van der Waals surface area (Å²) in [6, 6.07) is 6.56. The van der Waals surface area contributed by atoms with Crippen LogP contribution in [0.15, 0.2) is 18.2 Å². The summed E-state index contributed by atoms with van der Waals surface area (Å²) in [6.07, 6.45) is 0. The Hall–Kier alpha value is -1.06. The van der Waals surface area contributed by atoms with E-state index >= 15 is 0 Å². The number of hydrogen-bond acceptors (Lipinski definition) is 3. The summed E-state index contributed by atoms with van der Waals surface area (Å²) in [4.78, 5) is 2.17. The Labute approximate surface area is 97.4 Å². The Kier molecular flexibility index (Phi) is 3.46. The lowest BCUT2D eigenvalue weighted by molar-refractivity contribution is 0.370. The molecule has 1 aliphatic heterocycles. The van der Waals surface area contributed by atoms with E-state index in [1.54, 1.807) is 7.11 Å². The molecule has 1 fully saturated rings. The molecule has 0 atom stereocenters. The normalized spacial score (nSPS) is 16.2. The summed E-state index contributed by atoms with van der Waals surface area (Å²) in [6.45, 7) is 3.14. The average Bonchev–Trinajstić information content (AvgIpc) is 2.14. The van der Waals surface area contributed by atoms with E-state index in [9.17, 15) is 0 Å². The molecule has 0 amide bonds. The molecule has 88 valence electrons.